The molecule has 0 unspecified atom stereocenters. The van der Waals surface area contributed by atoms with Gasteiger partial charge in [0.05, 0.1) is 12.8 Å². The third kappa shape index (κ3) is 2.51. The van der Waals surface area contributed by atoms with Gasteiger partial charge >= 0.3 is 0 Å². The van der Waals surface area contributed by atoms with Crippen LogP contribution in [0.5, 0.6) is 5.75 Å². The Balaban J connectivity index is 1.87. The Labute approximate surface area is 164 Å². The van der Waals surface area contributed by atoms with Crippen LogP contribution < -0.4 is 4.74 Å². The maximum atomic E-state index is 5.36. The summed E-state index contributed by atoms with van der Waals surface area (Å²) in [6, 6.07) is 23.4. The number of para-hydroxylation sites is 1. The van der Waals surface area contributed by atoms with Crippen molar-refractivity contribution in [3.63, 3.8) is 0 Å². The molecule has 0 spiro atoms. The molecule has 0 aliphatic heterocycles. The van der Waals surface area contributed by atoms with Gasteiger partial charge in [-0.15, -0.1) is 0 Å². The van der Waals surface area contributed by atoms with Crippen LogP contribution in [-0.2, 0) is 0 Å². The normalized spacial score (nSPS) is 11.4. The number of fused-ring (bicyclic) bond motifs is 2. The van der Waals surface area contributed by atoms with Gasteiger partial charge in [-0.25, -0.2) is 0 Å². The molecular formula is C25H22N2O. The summed E-state index contributed by atoms with van der Waals surface area (Å²) in [5.41, 5.74) is 9.52. The van der Waals surface area contributed by atoms with Gasteiger partial charge in [0.15, 0.2) is 0 Å². The Morgan fingerprint density at radius 2 is 1.46 bits per heavy atom. The van der Waals surface area contributed by atoms with Crippen molar-refractivity contribution >= 4 is 21.8 Å². The van der Waals surface area contributed by atoms with E-state index in [9.17, 15) is 0 Å². The van der Waals surface area contributed by atoms with E-state index >= 15 is 0 Å². The van der Waals surface area contributed by atoms with Crippen LogP contribution in [-0.4, -0.2) is 17.1 Å². The number of rotatable bonds is 3. The van der Waals surface area contributed by atoms with Crippen molar-refractivity contribution in [1.29, 1.82) is 0 Å². The fraction of sp³-hybridized carbons (Fsp3) is 0.120. The van der Waals surface area contributed by atoms with E-state index in [2.05, 4.69) is 78.4 Å². The van der Waals surface area contributed by atoms with Crippen LogP contribution in [0.4, 0.5) is 0 Å². The lowest BCUT2D eigenvalue weighted by Gasteiger charge is -2.08. The van der Waals surface area contributed by atoms with Gasteiger partial charge in [-0.05, 0) is 49.7 Å². The molecule has 5 aromatic rings. The number of methoxy groups -OCH3 is 1. The number of ether oxygens (including phenoxy) is 1. The fourth-order valence-corrected chi connectivity index (χ4v) is 4.15. The Kier molecular flexibility index (Phi) is 3.76. The second kappa shape index (κ2) is 6.31. The molecule has 0 aliphatic carbocycles. The Morgan fingerprint density at radius 3 is 2.25 bits per heavy atom. The predicted molar refractivity (Wildman–Crippen MR) is 117 cm³/mol. The van der Waals surface area contributed by atoms with Gasteiger partial charge in [0.1, 0.15) is 5.75 Å². The molecule has 0 amide bonds. The molecule has 0 saturated heterocycles. The minimum absolute atomic E-state index is 0.865. The summed E-state index contributed by atoms with van der Waals surface area (Å²) in [5.74, 6) is 0.865. The standard InChI is InChI=1S/C25H22N2O/c1-15-8-13-22-20(14-15)24(17-9-11-18(28-3)12-10-17)25(27-22)23-16(2)26-21-7-5-4-6-19(21)23/h4-14,26-27H,1-3H3. The highest BCUT2D eigenvalue weighted by Crippen LogP contribution is 2.42. The number of aromatic amines is 2. The van der Waals surface area contributed by atoms with Gasteiger partial charge in [-0.3, -0.25) is 0 Å². The second-order valence-electron chi connectivity index (χ2n) is 7.32. The number of nitrogens with one attached hydrogen (secondary N) is 2. The average Bonchev–Trinajstić information content (AvgIpc) is 3.24. The van der Waals surface area contributed by atoms with Crippen LogP contribution in [0.3, 0.4) is 0 Å². The number of aryl methyl sites for hydroxylation is 2. The van der Waals surface area contributed by atoms with Gasteiger partial charge in [-0.1, -0.05) is 42.0 Å². The van der Waals surface area contributed by atoms with Gasteiger partial charge in [0, 0.05) is 38.6 Å². The van der Waals surface area contributed by atoms with Crippen LogP contribution in [0.1, 0.15) is 11.3 Å². The van der Waals surface area contributed by atoms with Crippen molar-refractivity contribution in [1.82, 2.24) is 9.97 Å². The quantitative estimate of drug-likeness (QED) is 0.371. The van der Waals surface area contributed by atoms with Crippen molar-refractivity contribution in [2.24, 2.45) is 0 Å². The minimum Gasteiger partial charge on any atom is -0.497 e. The van der Waals surface area contributed by atoms with E-state index in [-0.39, 0.29) is 0 Å². The molecule has 0 fully saturated rings. The highest BCUT2D eigenvalue weighted by atomic mass is 16.5. The molecule has 2 aromatic heterocycles. The van der Waals surface area contributed by atoms with Crippen molar-refractivity contribution < 1.29 is 4.74 Å². The summed E-state index contributed by atoms with van der Waals surface area (Å²) in [5, 5.41) is 2.47. The summed E-state index contributed by atoms with van der Waals surface area (Å²) in [4.78, 5) is 7.24. The van der Waals surface area contributed by atoms with Crippen LogP contribution in [0, 0.1) is 13.8 Å². The molecule has 0 radical (unpaired) electrons. The summed E-state index contributed by atoms with van der Waals surface area (Å²) in [6.07, 6.45) is 0. The third-order valence-corrected chi connectivity index (χ3v) is 5.48. The highest BCUT2D eigenvalue weighted by molar-refractivity contribution is 6.09. The molecule has 0 atom stereocenters. The van der Waals surface area contributed by atoms with Gasteiger partial charge in [0.2, 0.25) is 0 Å². The molecule has 5 rings (SSSR count). The monoisotopic (exact) mass is 366 g/mol. The lowest BCUT2D eigenvalue weighted by Crippen LogP contribution is -1.86. The lowest BCUT2D eigenvalue weighted by atomic mass is 9.96. The second-order valence-corrected chi connectivity index (χ2v) is 7.32. The number of hydrogen-bond donors (Lipinski definition) is 2. The Bertz CT molecular complexity index is 1310. The fourth-order valence-electron chi connectivity index (χ4n) is 4.15. The maximum Gasteiger partial charge on any atom is 0.118 e. The zero-order valence-electron chi connectivity index (χ0n) is 16.3. The zero-order chi connectivity index (χ0) is 19.3. The molecule has 3 nitrogen and oxygen atoms in total. The molecule has 2 N–H and O–H groups in total. The van der Waals surface area contributed by atoms with Crippen molar-refractivity contribution in [2.75, 3.05) is 7.11 Å². The van der Waals surface area contributed by atoms with Gasteiger partial charge in [-0.2, -0.15) is 0 Å². The van der Waals surface area contributed by atoms with E-state index in [0.717, 1.165) is 22.5 Å². The SMILES string of the molecule is COc1ccc(-c2c(-c3c(C)[nH]c4ccccc34)[nH]c3ccc(C)cc23)cc1. The van der Waals surface area contributed by atoms with Crippen LogP contribution in [0.15, 0.2) is 66.7 Å². The van der Waals surface area contributed by atoms with Crippen molar-refractivity contribution in [3.05, 3.63) is 78.0 Å². The van der Waals surface area contributed by atoms with E-state index in [1.54, 1.807) is 7.11 Å². The molecule has 3 aromatic carbocycles. The Morgan fingerprint density at radius 1 is 0.714 bits per heavy atom. The van der Waals surface area contributed by atoms with E-state index in [4.69, 9.17) is 4.74 Å². The third-order valence-electron chi connectivity index (χ3n) is 5.48. The van der Waals surface area contributed by atoms with Crippen LogP contribution in [0.2, 0.25) is 0 Å². The van der Waals surface area contributed by atoms with Crippen molar-refractivity contribution in [2.45, 2.75) is 13.8 Å². The average molecular weight is 366 g/mol. The van der Waals surface area contributed by atoms with Crippen LogP contribution in [0.25, 0.3) is 44.2 Å². The molecule has 2 heterocycles. The van der Waals surface area contributed by atoms with Crippen molar-refractivity contribution in [3.8, 4) is 28.1 Å². The summed E-state index contributed by atoms with van der Waals surface area (Å²) < 4.78 is 5.36. The van der Waals surface area contributed by atoms with E-state index in [0.29, 0.717) is 0 Å². The number of aromatic nitrogens is 2. The van der Waals surface area contributed by atoms with E-state index < -0.39 is 0 Å². The molecule has 0 aliphatic rings. The van der Waals surface area contributed by atoms with Crippen LogP contribution >= 0.6 is 0 Å². The van der Waals surface area contributed by atoms with E-state index in [1.807, 2.05) is 12.1 Å². The maximum absolute atomic E-state index is 5.36. The molecular weight excluding hydrogens is 344 g/mol. The number of hydrogen-bond acceptors (Lipinski definition) is 1. The summed E-state index contributed by atoms with van der Waals surface area (Å²) >= 11 is 0. The first-order chi connectivity index (χ1) is 13.7. The first-order valence-electron chi connectivity index (χ1n) is 9.50. The molecule has 138 valence electrons. The van der Waals surface area contributed by atoms with Gasteiger partial charge < -0.3 is 14.7 Å². The first-order valence-corrected chi connectivity index (χ1v) is 9.50. The first kappa shape index (κ1) is 16.7. The molecule has 0 saturated carbocycles. The minimum atomic E-state index is 0.865. The smallest absolute Gasteiger partial charge is 0.118 e. The summed E-state index contributed by atoms with van der Waals surface area (Å²) in [6.45, 7) is 4.28. The largest absolute Gasteiger partial charge is 0.497 e. The predicted octanol–water partition coefficient (Wildman–Crippen LogP) is 6.61. The molecule has 3 heteroatoms. The van der Waals surface area contributed by atoms with Gasteiger partial charge in [0.25, 0.3) is 0 Å². The molecule has 0 bridgehead atoms. The highest BCUT2D eigenvalue weighted by Gasteiger charge is 2.20. The Hall–Kier alpha value is -3.46. The topological polar surface area (TPSA) is 40.8 Å². The van der Waals surface area contributed by atoms with E-state index in [1.165, 1.54) is 38.7 Å². The summed E-state index contributed by atoms with van der Waals surface area (Å²) in [7, 11) is 1.70. The number of H-pyrrole nitrogens is 2. The zero-order valence-corrected chi connectivity index (χ0v) is 16.3. The lowest BCUT2D eigenvalue weighted by molar-refractivity contribution is 0.415. The molecule has 28 heavy (non-hydrogen) atoms. The number of benzene rings is 3.